The first-order chi connectivity index (χ1) is 11.6. The van der Waals surface area contributed by atoms with E-state index < -0.39 is 0 Å². The molecule has 0 radical (unpaired) electrons. The Bertz CT molecular complexity index is 851. The fourth-order valence-electron chi connectivity index (χ4n) is 3.70. The number of para-hydroxylation sites is 1. The highest BCUT2D eigenvalue weighted by Gasteiger charge is 2.32. The second kappa shape index (κ2) is 6.07. The summed E-state index contributed by atoms with van der Waals surface area (Å²) in [6, 6.07) is 10.2. The molecule has 24 heavy (non-hydrogen) atoms. The van der Waals surface area contributed by atoms with Crippen molar-refractivity contribution in [1.82, 2.24) is 15.1 Å². The molecule has 0 bridgehead atoms. The van der Waals surface area contributed by atoms with E-state index in [1.807, 2.05) is 25.1 Å². The quantitative estimate of drug-likeness (QED) is 0.774. The predicted molar refractivity (Wildman–Crippen MR) is 92.8 cm³/mol. The molecule has 1 aromatic carbocycles. The summed E-state index contributed by atoms with van der Waals surface area (Å²) < 4.78 is 6.01. The van der Waals surface area contributed by atoms with Crippen LogP contribution in [0.3, 0.4) is 0 Å². The molecule has 2 aromatic heterocycles. The van der Waals surface area contributed by atoms with Crippen LogP contribution in [0.5, 0.6) is 0 Å². The number of benzene rings is 1. The molecule has 1 fully saturated rings. The van der Waals surface area contributed by atoms with Gasteiger partial charge in [-0.05, 0) is 38.0 Å². The molecule has 0 amide bonds. The topological polar surface area (TPSA) is 65.3 Å². The van der Waals surface area contributed by atoms with Crippen LogP contribution < -0.4 is 0 Å². The molecule has 3 aromatic rings. The maximum absolute atomic E-state index is 10.4. The van der Waals surface area contributed by atoms with E-state index in [0.29, 0.717) is 6.54 Å². The van der Waals surface area contributed by atoms with Gasteiger partial charge in [-0.2, -0.15) is 5.10 Å². The van der Waals surface area contributed by atoms with Gasteiger partial charge in [0.05, 0.1) is 18.3 Å². The van der Waals surface area contributed by atoms with E-state index in [0.717, 1.165) is 42.2 Å². The molecule has 3 heterocycles. The van der Waals surface area contributed by atoms with Crippen LogP contribution in [0.2, 0.25) is 0 Å². The number of aromatic amines is 1. The van der Waals surface area contributed by atoms with Gasteiger partial charge in [0.25, 0.3) is 0 Å². The molecular weight excluding hydrogens is 302 g/mol. The van der Waals surface area contributed by atoms with Gasteiger partial charge >= 0.3 is 0 Å². The van der Waals surface area contributed by atoms with Crippen molar-refractivity contribution in [3.63, 3.8) is 0 Å². The van der Waals surface area contributed by atoms with Crippen LogP contribution >= 0.6 is 0 Å². The highest BCUT2D eigenvalue weighted by atomic mass is 16.3. The number of likely N-dealkylation sites (tertiary alicyclic amines) is 1. The normalized spacial score (nSPS) is 21.8. The standard InChI is InChI=1S/C19H23N3O2/c1-12-7-15(21-20-12)8-14-9-22(10-17(14)23)11-19-13(2)16-5-3-4-6-18(16)24-19/h3-7,14,17,23H,8-11H2,1-2H3,(H,20,21)/t14-,17-/m1/s1. The van der Waals surface area contributed by atoms with Crippen molar-refractivity contribution in [3.8, 4) is 0 Å². The van der Waals surface area contributed by atoms with Crippen molar-refractivity contribution < 1.29 is 9.52 Å². The number of fused-ring (bicyclic) bond motifs is 1. The van der Waals surface area contributed by atoms with Gasteiger partial charge in [0.15, 0.2) is 0 Å². The molecule has 5 nitrogen and oxygen atoms in total. The third-order valence-electron chi connectivity index (χ3n) is 5.02. The lowest BCUT2D eigenvalue weighted by Crippen LogP contribution is -2.21. The average molecular weight is 325 g/mol. The number of β-amino-alcohol motifs (C(OH)–C–C–N with tert-alkyl or cyclic N) is 1. The molecular formula is C19H23N3O2. The Morgan fingerprint density at radius 2 is 2.12 bits per heavy atom. The van der Waals surface area contributed by atoms with E-state index >= 15 is 0 Å². The number of aliphatic hydroxyl groups is 1. The van der Waals surface area contributed by atoms with Gasteiger partial charge in [-0.1, -0.05) is 18.2 Å². The molecule has 1 saturated heterocycles. The molecule has 0 aliphatic carbocycles. The van der Waals surface area contributed by atoms with Crippen LogP contribution in [0.1, 0.15) is 22.7 Å². The zero-order chi connectivity index (χ0) is 16.7. The minimum atomic E-state index is -0.313. The summed E-state index contributed by atoms with van der Waals surface area (Å²) in [5, 5.41) is 18.8. The van der Waals surface area contributed by atoms with E-state index in [2.05, 4.69) is 34.2 Å². The minimum Gasteiger partial charge on any atom is -0.459 e. The number of nitrogens with zero attached hydrogens (tertiary/aromatic N) is 2. The Morgan fingerprint density at radius 1 is 1.29 bits per heavy atom. The first-order valence-corrected chi connectivity index (χ1v) is 8.48. The third-order valence-corrected chi connectivity index (χ3v) is 5.02. The fourth-order valence-corrected chi connectivity index (χ4v) is 3.70. The molecule has 5 heteroatoms. The van der Waals surface area contributed by atoms with Crippen molar-refractivity contribution >= 4 is 11.0 Å². The summed E-state index contributed by atoms with van der Waals surface area (Å²) >= 11 is 0. The number of nitrogens with one attached hydrogen (secondary N) is 1. The number of H-pyrrole nitrogens is 1. The van der Waals surface area contributed by atoms with Gasteiger partial charge in [0.1, 0.15) is 11.3 Å². The van der Waals surface area contributed by atoms with Crippen LogP contribution in [0.25, 0.3) is 11.0 Å². The number of aromatic nitrogens is 2. The SMILES string of the molecule is Cc1cc(C[C@@H]2CN(Cc3oc4ccccc4c3C)C[C@H]2O)n[nH]1. The number of furan rings is 1. The molecule has 126 valence electrons. The molecule has 0 unspecified atom stereocenters. The molecule has 1 aliphatic heterocycles. The second-order valence-electron chi connectivity index (χ2n) is 6.91. The average Bonchev–Trinajstić information content (AvgIpc) is 3.21. The van der Waals surface area contributed by atoms with Crippen LogP contribution in [-0.4, -0.2) is 39.4 Å². The van der Waals surface area contributed by atoms with Crippen LogP contribution in [0.15, 0.2) is 34.7 Å². The maximum atomic E-state index is 10.4. The Balaban J connectivity index is 1.46. The Hall–Kier alpha value is -2.11. The van der Waals surface area contributed by atoms with Crippen molar-refractivity contribution in [3.05, 3.63) is 53.0 Å². The number of aryl methyl sites for hydroxylation is 2. The fraction of sp³-hybridized carbons (Fsp3) is 0.421. The molecule has 0 spiro atoms. The number of hydrogen-bond donors (Lipinski definition) is 2. The van der Waals surface area contributed by atoms with Crippen LogP contribution in [-0.2, 0) is 13.0 Å². The van der Waals surface area contributed by atoms with Crippen molar-refractivity contribution in [2.45, 2.75) is 32.9 Å². The monoisotopic (exact) mass is 325 g/mol. The summed E-state index contributed by atoms with van der Waals surface area (Å²) in [6.45, 7) is 6.40. The lowest BCUT2D eigenvalue weighted by atomic mass is 10.0. The summed E-state index contributed by atoms with van der Waals surface area (Å²) in [4.78, 5) is 2.28. The summed E-state index contributed by atoms with van der Waals surface area (Å²) in [6.07, 6.45) is 0.493. The Kier molecular flexibility index (Phi) is 3.90. The van der Waals surface area contributed by atoms with E-state index in [4.69, 9.17) is 4.42 Å². The molecule has 2 N–H and O–H groups in total. The number of aliphatic hydroxyl groups excluding tert-OH is 1. The van der Waals surface area contributed by atoms with E-state index in [1.165, 1.54) is 10.9 Å². The van der Waals surface area contributed by atoms with Gasteiger partial charge < -0.3 is 9.52 Å². The highest BCUT2D eigenvalue weighted by molar-refractivity contribution is 5.81. The Labute approximate surface area is 141 Å². The Morgan fingerprint density at radius 3 is 2.88 bits per heavy atom. The zero-order valence-electron chi connectivity index (χ0n) is 14.1. The summed E-state index contributed by atoms with van der Waals surface area (Å²) in [5.41, 5.74) is 4.23. The molecule has 1 aliphatic rings. The van der Waals surface area contributed by atoms with E-state index in [9.17, 15) is 5.11 Å². The molecule has 2 atom stereocenters. The maximum Gasteiger partial charge on any atom is 0.134 e. The third kappa shape index (κ3) is 2.85. The summed E-state index contributed by atoms with van der Waals surface area (Å²) in [5.74, 6) is 1.22. The van der Waals surface area contributed by atoms with Crippen LogP contribution in [0, 0.1) is 19.8 Å². The first kappa shape index (κ1) is 15.4. The highest BCUT2D eigenvalue weighted by Crippen LogP contribution is 2.28. The van der Waals surface area contributed by atoms with Gasteiger partial charge in [-0.15, -0.1) is 0 Å². The minimum absolute atomic E-state index is 0.220. The number of rotatable bonds is 4. The van der Waals surface area contributed by atoms with Gasteiger partial charge in [-0.3, -0.25) is 10.00 Å². The summed E-state index contributed by atoms with van der Waals surface area (Å²) in [7, 11) is 0. The lowest BCUT2D eigenvalue weighted by molar-refractivity contribution is 0.140. The van der Waals surface area contributed by atoms with Crippen molar-refractivity contribution in [1.29, 1.82) is 0 Å². The predicted octanol–water partition coefficient (Wildman–Crippen LogP) is 2.81. The zero-order valence-corrected chi connectivity index (χ0v) is 14.1. The smallest absolute Gasteiger partial charge is 0.134 e. The van der Waals surface area contributed by atoms with Gasteiger partial charge in [0.2, 0.25) is 0 Å². The molecule has 0 saturated carbocycles. The molecule has 4 rings (SSSR count). The lowest BCUT2D eigenvalue weighted by Gasteiger charge is -2.14. The largest absolute Gasteiger partial charge is 0.459 e. The van der Waals surface area contributed by atoms with Gasteiger partial charge in [0, 0.05) is 30.1 Å². The van der Waals surface area contributed by atoms with Crippen LogP contribution in [0.4, 0.5) is 0 Å². The van der Waals surface area contributed by atoms with E-state index in [1.54, 1.807) is 0 Å². The van der Waals surface area contributed by atoms with Crippen molar-refractivity contribution in [2.75, 3.05) is 13.1 Å². The second-order valence-corrected chi connectivity index (χ2v) is 6.91. The van der Waals surface area contributed by atoms with E-state index in [-0.39, 0.29) is 12.0 Å². The first-order valence-electron chi connectivity index (χ1n) is 8.48. The van der Waals surface area contributed by atoms with Crippen molar-refractivity contribution in [2.24, 2.45) is 5.92 Å². The number of hydrogen-bond acceptors (Lipinski definition) is 4. The van der Waals surface area contributed by atoms with Gasteiger partial charge in [-0.25, -0.2) is 0 Å².